The lowest BCUT2D eigenvalue weighted by Crippen LogP contribution is -2.47. The maximum Gasteiger partial charge on any atom is 0.248 e. The number of furan rings is 1. The van der Waals surface area contributed by atoms with Crippen LogP contribution in [0.2, 0.25) is 0 Å². The van der Waals surface area contributed by atoms with Gasteiger partial charge in [0, 0.05) is 14.1 Å². The van der Waals surface area contributed by atoms with E-state index in [0.29, 0.717) is 5.76 Å². The molecule has 0 spiro atoms. The zero-order valence-corrected chi connectivity index (χ0v) is 15.3. The molecule has 0 unspecified atom stereocenters. The van der Waals surface area contributed by atoms with E-state index in [1.807, 2.05) is 0 Å². The van der Waals surface area contributed by atoms with Crippen molar-refractivity contribution in [3.63, 3.8) is 0 Å². The van der Waals surface area contributed by atoms with Gasteiger partial charge in [0.2, 0.25) is 11.8 Å². The van der Waals surface area contributed by atoms with Crippen LogP contribution in [-0.2, 0) is 9.59 Å². The fraction of sp³-hybridized carbons (Fsp3) is 0.200. The van der Waals surface area contributed by atoms with Crippen LogP contribution in [-0.4, -0.2) is 51.0 Å². The Kier molecular flexibility index (Phi) is 7.76. The lowest BCUT2D eigenvalue weighted by atomic mass is 10.4. The highest BCUT2D eigenvalue weighted by Gasteiger charge is 2.17. The Balaban J connectivity index is 2.49. The Bertz CT molecular complexity index is 700. The third-order valence-corrected chi connectivity index (χ3v) is 3.70. The summed E-state index contributed by atoms with van der Waals surface area (Å²) in [7, 11) is 2.96. The predicted molar refractivity (Wildman–Crippen MR) is 100 cm³/mol. The van der Waals surface area contributed by atoms with Crippen LogP contribution in [0.5, 0.6) is 0 Å². The number of carbonyl (C=O) groups is 2. The first-order valence-electron chi connectivity index (χ1n) is 6.96. The van der Waals surface area contributed by atoms with E-state index in [2.05, 4.69) is 17.4 Å². The van der Waals surface area contributed by atoms with Gasteiger partial charge in [0.25, 0.3) is 0 Å². The van der Waals surface area contributed by atoms with Crippen LogP contribution in [0.25, 0.3) is 0 Å². The van der Waals surface area contributed by atoms with Crippen LogP contribution in [0.3, 0.4) is 0 Å². The van der Waals surface area contributed by atoms with Gasteiger partial charge in [-0.1, -0.05) is 37.1 Å². The number of likely N-dealkylation sites (N-methyl/N-ethyl adjacent to an activating group) is 1. The third kappa shape index (κ3) is 6.36. The first-order valence-corrected chi connectivity index (χ1v) is 7.78. The Morgan fingerprint density at radius 1 is 1.28 bits per heavy atom. The van der Waals surface area contributed by atoms with Gasteiger partial charge in [0.05, 0.1) is 6.26 Å². The highest BCUT2D eigenvalue weighted by Crippen LogP contribution is 2.04. The van der Waals surface area contributed by atoms with Gasteiger partial charge >= 0.3 is 0 Å². The van der Waals surface area contributed by atoms with E-state index in [1.165, 1.54) is 37.5 Å². The van der Waals surface area contributed by atoms with E-state index in [9.17, 15) is 14.7 Å². The van der Waals surface area contributed by atoms with E-state index in [4.69, 9.17) is 28.9 Å². The minimum atomic E-state index is -0.619. The average molecular weight is 382 g/mol. The van der Waals surface area contributed by atoms with Crippen molar-refractivity contribution in [1.29, 1.82) is 0 Å². The molecule has 1 rings (SSSR count). The van der Waals surface area contributed by atoms with Gasteiger partial charge < -0.3 is 9.52 Å². The van der Waals surface area contributed by atoms with Crippen molar-refractivity contribution >= 4 is 46.2 Å². The van der Waals surface area contributed by atoms with Crippen molar-refractivity contribution < 1.29 is 19.1 Å². The van der Waals surface area contributed by atoms with E-state index in [0.717, 1.165) is 5.01 Å². The van der Waals surface area contributed by atoms with Gasteiger partial charge in [-0.3, -0.25) is 30.5 Å². The van der Waals surface area contributed by atoms with Crippen LogP contribution < -0.4 is 10.9 Å². The molecule has 0 aromatic carbocycles. The summed E-state index contributed by atoms with van der Waals surface area (Å²) in [6, 6.07) is 3.32. The van der Waals surface area contributed by atoms with Gasteiger partial charge in [-0.15, -0.1) is 0 Å². The average Bonchev–Trinajstić information content (AvgIpc) is 3.07. The topological polar surface area (TPSA) is 98.0 Å². The molecule has 0 bridgehead atoms. The quantitative estimate of drug-likeness (QED) is 0.175. The standard InChI is InChI=1S/C15H18N4O4S2/c1-4-6-10(20)14(24)18(2)16-12(21)9-13(22)17-19(3)15(25)11-7-5-8-23-11/h4-8,20H,1,9H2,2-3H3,(H,16,21)(H,17,22)/b10-6-. The minimum absolute atomic E-state index is 0.0234. The number of hydrogen-bond acceptors (Lipinski definition) is 6. The van der Waals surface area contributed by atoms with Crippen molar-refractivity contribution in [2.24, 2.45) is 0 Å². The molecule has 0 atom stereocenters. The molecule has 8 nitrogen and oxygen atoms in total. The summed E-state index contributed by atoms with van der Waals surface area (Å²) in [5.74, 6) is -1.03. The fourth-order valence-electron chi connectivity index (χ4n) is 1.62. The second-order valence-electron chi connectivity index (χ2n) is 4.74. The molecule has 1 heterocycles. The first kappa shape index (κ1) is 20.3. The van der Waals surface area contributed by atoms with Crippen LogP contribution >= 0.6 is 24.4 Å². The second kappa shape index (κ2) is 9.55. The maximum absolute atomic E-state index is 11.9. The van der Waals surface area contributed by atoms with E-state index in [1.54, 1.807) is 12.1 Å². The molecular weight excluding hydrogens is 364 g/mol. The van der Waals surface area contributed by atoms with Crippen LogP contribution in [0.4, 0.5) is 0 Å². The normalized spacial score (nSPS) is 10.6. The van der Waals surface area contributed by atoms with Crippen molar-refractivity contribution in [2.45, 2.75) is 6.42 Å². The van der Waals surface area contributed by atoms with E-state index >= 15 is 0 Å². The molecule has 2 amide bonds. The number of thiocarbonyl (C=S) groups is 2. The fourth-order valence-corrected chi connectivity index (χ4v) is 1.90. The monoisotopic (exact) mass is 382 g/mol. The summed E-state index contributed by atoms with van der Waals surface area (Å²) in [6.07, 6.45) is 3.62. The van der Waals surface area contributed by atoms with Crippen LogP contribution in [0.1, 0.15) is 12.2 Å². The molecule has 134 valence electrons. The molecule has 0 saturated carbocycles. The Hall–Kier alpha value is -2.72. The van der Waals surface area contributed by atoms with Crippen LogP contribution in [0.15, 0.2) is 47.3 Å². The molecule has 0 aliphatic rings. The van der Waals surface area contributed by atoms with Gasteiger partial charge in [-0.25, -0.2) is 0 Å². The number of rotatable bonds is 5. The summed E-state index contributed by atoms with van der Waals surface area (Å²) in [6.45, 7) is 3.43. The number of allylic oxidation sites excluding steroid dienone is 2. The lowest BCUT2D eigenvalue weighted by Gasteiger charge is -2.21. The molecule has 10 heteroatoms. The number of nitrogens with one attached hydrogen (secondary N) is 2. The molecule has 3 N–H and O–H groups in total. The maximum atomic E-state index is 11.9. The predicted octanol–water partition coefficient (Wildman–Crippen LogP) is 1.23. The molecule has 0 fully saturated rings. The first-order chi connectivity index (χ1) is 11.8. The number of aliphatic hydroxyl groups is 1. The molecule has 1 aromatic rings. The Morgan fingerprint density at radius 2 is 1.88 bits per heavy atom. The second-order valence-corrected chi connectivity index (χ2v) is 5.51. The minimum Gasteiger partial charge on any atom is -0.505 e. The molecule has 0 radical (unpaired) electrons. The largest absolute Gasteiger partial charge is 0.505 e. The van der Waals surface area contributed by atoms with Gasteiger partial charge in [0.1, 0.15) is 6.42 Å². The van der Waals surface area contributed by atoms with Gasteiger partial charge in [-0.05, 0) is 18.2 Å². The lowest BCUT2D eigenvalue weighted by molar-refractivity contribution is -0.132. The van der Waals surface area contributed by atoms with Crippen LogP contribution in [0, 0.1) is 0 Å². The van der Waals surface area contributed by atoms with Crippen molar-refractivity contribution in [1.82, 2.24) is 20.9 Å². The Labute approximate surface area is 155 Å². The Morgan fingerprint density at radius 3 is 2.40 bits per heavy atom. The van der Waals surface area contributed by atoms with Gasteiger partial charge in [-0.2, -0.15) is 0 Å². The molecule has 0 saturated heterocycles. The number of aliphatic hydroxyl groups excluding tert-OH is 1. The van der Waals surface area contributed by atoms with Crippen molar-refractivity contribution in [2.75, 3.05) is 14.1 Å². The molecule has 0 aliphatic heterocycles. The van der Waals surface area contributed by atoms with Gasteiger partial charge in [0.15, 0.2) is 21.5 Å². The summed E-state index contributed by atoms with van der Waals surface area (Å²) >= 11 is 10.1. The molecule has 1 aromatic heterocycles. The summed E-state index contributed by atoms with van der Waals surface area (Å²) in [4.78, 5) is 24.0. The number of hydrogen-bond donors (Lipinski definition) is 3. The molecular formula is C15H18N4O4S2. The summed E-state index contributed by atoms with van der Waals surface area (Å²) in [5.41, 5.74) is 4.82. The number of hydrazine groups is 2. The number of carbonyl (C=O) groups excluding carboxylic acids is 2. The van der Waals surface area contributed by atoms with E-state index in [-0.39, 0.29) is 15.7 Å². The highest BCUT2D eigenvalue weighted by molar-refractivity contribution is 7.80. The zero-order valence-electron chi connectivity index (χ0n) is 13.7. The molecule has 25 heavy (non-hydrogen) atoms. The third-order valence-electron chi connectivity index (χ3n) is 2.74. The summed E-state index contributed by atoms with van der Waals surface area (Å²) < 4.78 is 5.13. The smallest absolute Gasteiger partial charge is 0.248 e. The highest BCUT2D eigenvalue weighted by atomic mass is 32.1. The zero-order chi connectivity index (χ0) is 19.0. The molecule has 0 aliphatic carbocycles. The number of amides is 2. The van der Waals surface area contributed by atoms with Crippen molar-refractivity contribution in [3.05, 3.63) is 48.6 Å². The van der Waals surface area contributed by atoms with Crippen molar-refractivity contribution in [3.8, 4) is 0 Å². The number of nitrogens with zero attached hydrogens (tertiary/aromatic N) is 2. The van der Waals surface area contributed by atoms with E-state index < -0.39 is 18.2 Å². The summed E-state index contributed by atoms with van der Waals surface area (Å²) in [5, 5.41) is 12.0. The SMILES string of the molecule is C=C/C=C(\O)C(=S)N(C)NC(=O)CC(=O)NN(C)C(=S)c1ccco1.